The molecule has 0 fully saturated rings. The number of hydrogen-bond acceptors (Lipinski definition) is 6. The molecule has 108 heavy (non-hydrogen) atoms. The van der Waals surface area contributed by atoms with E-state index in [1.165, 1.54) is 121 Å². The van der Waals surface area contributed by atoms with Crippen LogP contribution in [0.1, 0.15) is 143 Å². The van der Waals surface area contributed by atoms with Gasteiger partial charge in [0.1, 0.15) is 0 Å². The molecule has 0 saturated carbocycles. The Morgan fingerprint density at radius 3 is 0.565 bits per heavy atom. The van der Waals surface area contributed by atoms with Crippen LogP contribution in [-0.2, 0) is 43.9 Å². The maximum atomic E-state index is 6.63. The Balaban J connectivity index is 0.000000237. The van der Waals surface area contributed by atoms with E-state index in [4.69, 9.17) is 53.2 Å². The zero-order valence-electron chi connectivity index (χ0n) is 66.0. The second-order valence-corrected chi connectivity index (χ2v) is 34.3. The average Bonchev–Trinajstić information content (AvgIpc) is 1.60. The third-order valence-corrected chi connectivity index (χ3v) is 19.2. The Hall–Kier alpha value is -7.54. The van der Waals surface area contributed by atoms with E-state index in [1.54, 1.807) is 0 Å². The molecule has 0 heterocycles. The van der Waals surface area contributed by atoms with Crippen molar-refractivity contribution < 1.29 is 43.9 Å². The topological polar surface area (TPSA) is 74.2 Å². The summed E-state index contributed by atoms with van der Waals surface area (Å²) in [6, 6.07) is 64.3. The normalized spacial score (nSPS) is 14.1. The zero-order valence-corrected chi connectivity index (χ0v) is 73.7. The van der Waals surface area contributed by atoms with Crippen LogP contribution < -0.4 is 0 Å². The SMILES string of the molecule is CC(C)C.Cc1cc(C)c(N=C2C(=Nc3c(C)cc(C)cc3C)c3cccc4cccc2c34)c(C)c1.Cc1cc(C)c(N=C2C(=Nc3c(C)cc(C)cc3C)c3cccc4cccc2c34)c(C)c1.Cc1cc(C)c(N=C2C(=Nc3c(C)cc(C)cc3Cl)c3cccc4cccc2c34)c(Cl)c1.[Br][Ni][Br].[CH3-].[CH3-].[CH3-].[Ni+2].[Ni]. The molecule has 0 radical (unpaired) electrons. The third kappa shape index (κ3) is 19.2. The summed E-state index contributed by atoms with van der Waals surface area (Å²) in [6.45, 7) is 40.4. The summed E-state index contributed by atoms with van der Waals surface area (Å²) in [5, 5.41) is 8.56. The molecule has 6 nitrogen and oxygen atoms in total. The fourth-order valence-electron chi connectivity index (χ4n) is 14.8. The monoisotopic (exact) mass is 1720 g/mol. The largest absolute Gasteiger partial charge is 2.00 e. The van der Waals surface area contributed by atoms with Crippen molar-refractivity contribution >= 4 is 152 Å². The molecule has 3 aliphatic rings. The van der Waals surface area contributed by atoms with Crippen LogP contribution in [0.3, 0.4) is 0 Å². The summed E-state index contributed by atoms with van der Waals surface area (Å²) in [5.74, 6) is 0.833. The van der Waals surface area contributed by atoms with Crippen molar-refractivity contribution in [2.45, 2.75) is 132 Å². The van der Waals surface area contributed by atoms with Gasteiger partial charge < -0.3 is 22.3 Å². The maximum absolute atomic E-state index is 6.63. The smallest absolute Gasteiger partial charge is 0.358 e. The number of hydrogen-bond donors (Lipinski definition) is 0. The number of benzene rings is 12. The Kier molecular flexibility index (Phi) is 31.8. The molecule has 0 bridgehead atoms. The van der Waals surface area contributed by atoms with Gasteiger partial charge in [0.05, 0.1) is 78.4 Å². The van der Waals surface area contributed by atoms with Crippen molar-refractivity contribution in [1.29, 1.82) is 0 Å². The summed E-state index contributed by atoms with van der Waals surface area (Å²) in [6.07, 6.45) is 0. The molecule has 13 heteroatoms. The molecule has 0 amide bonds. The van der Waals surface area contributed by atoms with Gasteiger partial charge in [-0.25, -0.2) is 30.0 Å². The fraction of sp³-hybridized carbons (Fsp3) is 0.211. The van der Waals surface area contributed by atoms with Gasteiger partial charge in [0, 0.05) is 66.0 Å². The van der Waals surface area contributed by atoms with Crippen LogP contribution in [-0.4, -0.2) is 34.3 Å². The molecule has 0 aliphatic heterocycles. The standard InChI is InChI=1S/2C30H28N2.C28H22Cl2N2.C4H10.3CH3.2BrH.3Ni/c2*1-17-13-19(3)27(20(4)14-17)31-29-24-11-7-9-23-10-8-12-25(26(23)24)30(29)32-28-21(5)15-18(2)16-22(28)6;1-15-11-17(3)25(22(29)13-15)31-27-20-9-5-7-19-8-6-10-21(24(19)20)28(27)32-26-18(4)12-16(2)14-23(26)30;1-4(2)3;;;;;;;;/h2*7-16H,1-6H3;5-14H,1-4H3;4H,1-3H3;3*1H3;2*1H;;;/q;;;;3*-1;;;;2*+2/p-2. The number of rotatable bonds is 6. The van der Waals surface area contributed by atoms with Crippen LogP contribution in [0.4, 0.5) is 34.1 Å². The van der Waals surface area contributed by atoms with Crippen molar-refractivity contribution in [3.63, 3.8) is 0 Å². The Bertz CT molecular complexity index is 4600. The van der Waals surface area contributed by atoms with E-state index in [1.807, 2.05) is 39.8 Å². The molecule has 566 valence electrons. The van der Waals surface area contributed by atoms with Crippen LogP contribution in [0.15, 0.2) is 212 Å². The van der Waals surface area contributed by atoms with Gasteiger partial charge in [-0.05, 0) is 212 Å². The minimum absolute atomic E-state index is 0. The molecule has 0 spiro atoms. The van der Waals surface area contributed by atoms with Crippen LogP contribution in [0, 0.1) is 139 Å². The third-order valence-electron chi connectivity index (χ3n) is 18.6. The van der Waals surface area contributed by atoms with Gasteiger partial charge in [-0.3, -0.25) is 0 Å². The number of nitrogens with zero attached hydrogens (tertiary/aromatic N) is 6. The summed E-state index contributed by atoms with van der Waals surface area (Å²) >= 11 is 19.3. The van der Waals surface area contributed by atoms with Crippen molar-refractivity contribution in [2.24, 2.45) is 35.9 Å². The molecule has 0 atom stereocenters. The molecule has 0 unspecified atom stereocenters. The van der Waals surface area contributed by atoms with E-state index >= 15 is 0 Å². The summed E-state index contributed by atoms with van der Waals surface area (Å²) < 4.78 is 0. The number of aryl methyl sites for hydroxylation is 16. The van der Waals surface area contributed by atoms with Gasteiger partial charge in [0.2, 0.25) is 0 Å². The van der Waals surface area contributed by atoms with Crippen LogP contribution >= 0.6 is 51.7 Å². The van der Waals surface area contributed by atoms with E-state index in [9.17, 15) is 0 Å². The first-order chi connectivity index (χ1) is 49.1. The first-order valence-corrected chi connectivity index (χ1v) is 40.6. The second-order valence-electron chi connectivity index (χ2n) is 28.5. The van der Waals surface area contributed by atoms with E-state index in [-0.39, 0.29) is 55.3 Å². The number of halogens is 4. The molecule has 15 rings (SSSR count). The molecule has 12 aromatic rings. The van der Waals surface area contributed by atoms with Crippen molar-refractivity contribution in [3.8, 4) is 0 Å². The van der Waals surface area contributed by atoms with E-state index in [0.29, 0.717) is 10.0 Å². The fourth-order valence-corrected chi connectivity index (χ4v) is 15.5. The van der Waals surface area contributed by atoms with E-state index in [0.717, 1.165) is 118 Å². The van der Waals surface area contributed by atoms with E-state index in [2.05, 4.69) is 302 Å². The van der Waals surface area contributed by atoms with Crippen molar-refractivity contribution in [2.75, 3.05) is 0 Å². The molecule has 3 aliphatic carbocycles. The summed E-state index contributed by atoms with van der Waals surface area (Å²) in [4.78, 5) is 31.3. The average molecular weight is 1730 g/mol. The maximum Gasteiger partial charge on any atom is 2.00 e. The van der Waals surface area contributed by atoms with Gasteiger partial charge in [-0.15, -0.1) is 0 Å². The first-order valence-electron chi connectivity index (χ1n) is 34.9. The molecule has 12 aromatic carbocycles. The van der Waals surface area contributed by atoms with Gasteiger partial charge in [0.25, 0.3) is 0 Å². The van der Waals surface area contributed by atoms with Crippen LogP contribution in [0.5, 0.6) is 0 Å². The molecule has 0 saturated heterocycles. The molecule has 0 aromatic heterocycles. The predicted molar refractivity (Wildman–Crippen MR) is 471 cm³/mol. The van der Waals surface area contributed by atoms with Gasteiger partial charge in [-0.2, -0.15) is 0 Å². The van der Waals surface area contributed by atoms with Crippen molar-refractivity contribution in [1.82, 2.24) is 0 Å². The Morgan fingerprint density at radius 1 is 0.269 bits per heavy atom. The minimum Gasteiger partial charge on any atom is -0.358 e. The first kappa shape index (κ1) is 89.4. The van der Waals surface area contributed by atoms with E-state index < -0.39 is 0 Å². The predicted octanol–water partition coefficient (Wildman–Crippen LogP) is 29.2. The summed E-state index contributed by atoms with van der Waals surface area (Å²) in [7, 11) is 1.25. The van der Waals surface area contributed by atoms with Gasteiger partial charge in [-0.1, -0.05) is 236 Å². The van der Waals surface area contributed by atoms with Crippen LogP contribution in [0.2, 0.25) is 10.0 Å². The minimum atomic E-state index is 0. The molecular weight excluding hydrogens is 1630 g/mol. The Morgan fingerprint density at radius 2 is 0.407 bits per heavy atom. The molecule has 0 N–H and O–H groups in total. The van der Waals surface area contributed by atoms with Gasteiger partial charge >= 0.3 is 55.8 Å². The number of aliphatic imine (C=N–C) groups is 6. The summed E-state index contributed by atoms with van der Waals surface area (Å²) in [5.41, 5.74) is 36.9. The Labute approximate surface area is 694 Å². The van der Waals surface area contributed by atoms with Crippen LogP contribution in [0.25, 0.3) is 32.3 Å². The quantitative estimate of drug-likeness (QED) is 0.118. The zero-order chi connectivity index (χ0) is 74.0. The van der Waals surface area contributed by atoms with Gasteiger partial charge in [0.15, 0.2) is 0 Å². The second kappa shape index (κ2) is 38.4. The molecular formula is C95H97Br2Cl2N6Ni3-. The van der Waals surface area contributed by atoms with Crippen molar-refractivity contribution in [3.05, 3.63) is 337 Å².